The molecule has 0 N–H and O–H groups in total. The molecule has 0 saturated carbocycles. The molecular formula is C18H18F3N5. The predicted octanol–water partition coefficient (Wildman–Crippen LogP) is 3.47. The first-order chi connectivity index (χ1) is 12.4. The van der Waals surface area contributed by atoms with Gasteiger partial charge < -0.3 is 9.80 Å². The fourth-order valence-electron chi connectivity index (χ4n) is 3.33. The molecule has 0 spiro atoms. The summed E-state index contributed by atoms with van der Waals surface area (Å²) in [6.45, 7) is 1.14. The van der Waals surface area contributed by atoms with E-state index in [4.69, 9.17) is 0 Å². The summed E-state index contributed by atoms with van der Waals surface area (Å²) >= 11 is 0. The summed E-state index contributed by atoms with van der Waals surface area (Å²) in [7, 11) is 1.91. The van der Waals surface area contributed by atoms with Gasteiger partial charge in [-0.15, -0.1) is 0 Å². The number of hydrogen-bond donors (Lipinski definition) is 0. The smallest absolute Gasteiger partial charge is 0.368 e. The molecule has 1 unspecified atom stereocenters. The van der Waals surface area contributed by atoms with E-state index in [-0.39, 0.29) is 11.6 Å². The molecule has 0 aliphatic carbocycles. The number of nitriles is 1. The van der Waals surface area contributed by atoms with Crippen molar-refractivity contribution in [2.45, 2.75) is 25.1 Å². The van der Waals surface area contributed by atoms with Crippen LogP contribution in [0.2, 0.25) is 0 Å². The maximum Gasteiger partial charge on any atom is 0.417 e. The Morgan fingerprint density at radius 3 is 2.77 bits per heavy atom. The van der Waals surface area contributed by atoms with Crippen LogP contribution in [0, 0.1) is 11.3 Å². The number of anilines is 2. The van der Waals surface area contributed by atoms with E-state index in [2.05, 4.69) is 9.97 Å². The molecule has 0 amide bonds. The van der Waals surface area contributed by atoms with Crippen molar-refractivity contribution in [3.05, 3.63) is 47.9 Å². The second kappa shape index (κ2) is 7.20. The lowest BCUT2D eigenvalue weighted by Crippen LogP contribution is -2.47. The van der Waals surface area contributed by atoms with Crippen molar-refractivity contribution in [1.29, 1.82) is 5.26 Å². The zero-order valence-corrected chi connectivity index (χ0v) is 14.2. The van der Waals surface area contributed by atoms with E-state index in [0.29, 0.717) is 18.8 Å². The van der Waals surface area contributed by atoms with E-state index in [0.717, 1.165) is 24.7 Å². The maximum atomic E-state index is 13.2. The highest BCUT2D eigenvalue weighted by Crippen LogP contribution is 2.36. The minimum absolute atomic E-state index is 0.0831. The molecule has 1 saturated heterocycles. The summed E-state index contributed by atoms with van der Waals surface area (Å²) in [5, 5.41) is 9.34. The van der Waals surface area contributed by atoms with Gasteiger partial charge in [-0.3, -0.25) is 0 Å². The lowest BCUT2D eigenvalue weighted by Gasteiger charge is -2.39. The first-order valence-electron chi connectivity index (χ1n) is 8.26. The molecule has 5 nitrogen and oxygen atoms in total. The second-order valence-electron chi connectivity index (χ2n) is 6.23. The van der Waals surface area contributed by atoms with Crippen molar-refractivity contribution in [2.24, 2.45) is 0 Å². The Balaban J connectivity index is 1.88. The summed E-state index contributed by atoms with van der Waals surface area (Å²) in [4.78, 5) is 12.0. The molecule has 1 aliphatic heterocycles. The summed E-state index contributed by atoms with van der Waals surface area (Å²) in [6, 6.07) is 7.52. The Morgan fingerprint density at radius 2 is 2.12 bits per heavy atom. The molecular weight excluding hydrogens is 343 g/mol. The van der Waals surface area contributed by atoms with Crippen LogP contribution in [0.25, 0.3) is 0 Å². The third kappa shape index (κ3) is 3.57. The van der Waals surface area contributed by atoms with Gasteiger partial charge in [-0.25, -0.2) is 9.97 Å². The monoisotopic (exact) mass is 361 g/mol. The molecule has 1 atom stereocenters. The van der Waals surface area contributed by atoms with Crippen LogP contribution in [0.4, 0.5) is 24.7 Å². The van der Waals surface area contributed by atoms with Crippen LogP contribution >= 0.6 is 0 Å². The lowest BCUT2D eigenvalue weighted by molar-refractivity contribution is -0.137. The molecule has 2 heterocycles. The Hall–Kier alpha value is -2.82. The van der Waals surface area contributed by atoms with E-state index in [1.54, 1.807) is 24.4 Å². The van der Waals surface area contributed by atoms with Crippen molar-refractivity contribution in [3.63, 3.8) is 0 Å². The van der Waals surface area contributed by atoms with Gasteiger partial charge in [0.25, 0.3) is 0 Å². The van der Waals surface area contributed by atoms with E-state index in [1.165, 1.54) is 12.4 Å². The van der Waals surface area contributed by atoms with E-state index in [1.807, 2.05) is 16.8 Å². The Kier molecular flexibility index (Phi) is 4.98. The average Bonchev–Trinajstić information content (AvgIpc) is 2.66. The van der Waals surface area contributed by atoms with Crippen molar-refractivity contribution < 1.29 is 13.2 Å². The van der Waals surface area contributed by atoms with Crippen LogP contribution in [0.5, 0.6) is 0 Å². The predicted molar refractivity (Wildman–Crippen MR) is 91.8 cm³/mol. The van der Waals surface area contributed by atoms with Crippen LogP contribution in [0.3, 0.4) is 0 Å². The number of halogens is 3. The van der Waals surface area contributed by atoms with Crippen LogP contribution in [0.1, 0.15) is 24.0 Å². The van der Waals surface area contributed by atoms with E-state index >= 15 is 0 Å². The standard InChI is InChI=1S/C18H18F3N5/c1-25(17-7-8-23-12-24-17)13-4-3-9-26(11-13)16-6-2-5-15(14(16)10-22)18(19,20)21/h2,5-8,12-13H,3-4,9,11H2,1H3. The second-order valence-corrected chi connectivity index (χ2v) is 6.23. The van der Waals surface area contributed by atoms with Gasteiger partial charge in [0.1, 0.15) is 18.2 Å². The fraction of sp³-hybridized carbons (Fsp3) is 0.389. The minimum Gasteiger partial charge on any atom is -0.368 e. The molecule has 0 bridgehead atoms. The van der Waals surface area contributed by atoms with Gasteiger partial charge >= 0.3 is 6.18 Å². The summed E-state index contributed by atoms with van der Waals surface area (Å²) in [6.07, 6.45) is 0.292. The number of benzene rings is 1. The summed E-state index contributed by atoms with van der Waals surface area (Å²) in [5.41, 5.74) is -0.864. The SMILES string of the molecule is CN(c1ccncn1)C1CCCN(c2cccc(C(F)(F)F)c2C#N)C1. The quantitative estimate of drug-likeness (QED) is 0.838. The van der Waals surface area contributed by atoms with Gasteiger partial charge in [0.15, 0.2) is 0 Å². The van der Waals surface area contributed by atoms with Crippen molar-refractivity contribution in [2.75, 3.05) is 29.9 Å². The van der Waals surface area contributed by atoms with Crippen molar-refractivity contribution in [3.8, 4) is 6.07 Å². The molecule has 2 aromatic rings. The topological polar surface area (TPSA) is 56.1 Å². The number of hydrogen-bond acceptors (Lipinski definition) is 5. The van der Waals surface area contributed by atoms with Gasteiger partial charge in [0.2, 0.25) is 0 Å². The highest BCUT2D eigenvalue weighted by molar-refractivity contribution is 5.63. The molecule has 8 heteroatoms. The number of rotatable bonds is 3. The van der Waals surface area contributed by atoms with Crippen LogP contribution in [-0.2, 0) is 6.18 Å². The molecule has 1 aliphatic rings. The summed E-state index contributed by atoms with van der Waals surface area (Å²) < 4.78 is 39.7. The van der Waals surface area contributed by atoms with Crippen LogP contribution in [0.15, 0.2) is 36.8 Å². The third-order valence-electron chi connectivity index (χ3n) is 4.67. The Labute approximate surface area is 149 Å². The number of nitrogens with zero attached hydrogens (tertiary/aromatic N) is 5. The van der Waals surface area contributed by atoms with Gasteiger partial charge in [0.05, 0.1) is 16.8 Å². The van der Waals surface area contributed by atoms with Crippen LogP contribution in [-0.4, -0.2) is 36.1 Å². The number of aromatic nitrogens is 2. The van der Waals surface area contributed by atoms with Crippen LogP contribution < -0.4 is 9.80 Å². The molecule has 1 fully saturated rings. The number of piperidine rings is 1. The molecule has 1 aromatic heterocycles. The first kappa shape index (κ1) is 18.0. The van der Waals surface area contributed by atoms with Gasteiger partial charge in [-0.05, 0) is 31.0 Å². The maximum absolute atomic E-state index is 13.2. The summed E-state index contributed by atoms with van der Waals surface area (Å²) in [5.74, 6) is 0.761. The van der Waals surface area contributed by atoms with Crippen molar-refractivity contribution >= 4 is 11.5 Å². The Morgan fingerprint density at radius 1 is 1.31 bits per heavy atom. The molecule has 1 aromatic carbocycles. The zero-order chi connectivity index (χ0) is 18.7. The average molecular weight is 361 g/mol. The highest BCUT2D eigenvalue weighted by atomic mass is 19.4. The zero-order valence-electron chi connectivity index (χ0n) is 14.2. The van der Waals surface area contributed by atoms with Gasteiger partial charge in [-0.1, -0.05) is 6.07 Å². The largest absolute Gasteiger partial charge is 0.417 e. The Bertz CT molecular complexity index is 801. The minimum atomic E-state index is -4.55. The fourth-order valence-corrected chi connectivity index (χ4v) is 3.33. The highest BCUT2D eigenvalue weighted by Gasteiger charge is 2.36. The lowest BCUT2D eigenvalue weighted by atomic mass is 10.00. The number of likely N-dealkylation sites (N-methyl/N-ethyl adjacent to an activating group) is 1. The van der Waals surface area contributed by atoms with E-state index in [9.17, 15) is 18.4 Å². The molecule has 0 radical (unpaired) electrons. The first-order valence-corrected chi connectivity index (χ1v) is 8.26. The number of alkyl halides is 3. The van der Waals surface area contributed by atoms with E-state index < -0.39 is 11.7 Å². The molecule has 26 heavy (non-hydrogen) atoms. The third-order valence-corrected chi connectivity index (χ3v) is 4.67. The van der Waals surface area contributed by atoms with Crippen molar-refractivity contribution in [1.82, 2.24) is 9.97 Å². The molecule has 136 valence electrons. The normalized spacial score (nSPS) is 17.7. The van der Waals surface area contributed by atoms with Gasteiger partial charge in [0, 0.05) is 32.4 Å². The van der Waals surface area contributed by atoms with Gasteiger partial charge in [-0.2, -0.15) is 18.4 Å². The molecule has 3 rings (SSSR count).